The van der Waals surface area contributed by atoms with Gasteiger partial charge in [0.2, 0.25) is 0 Å². The van der Waals surface area contributed by atoms with Gasteiger partial charge in [-0.3, -0.25) is 9.69 Å². The van der Waals surface area contributed by atoms with Crippen LogP contribution in [0.5, 0.6) is 0 Å². The molecule has 0 aromatic carbocycles. The van der Waals surface area contributed by atoms with Gasteiger partial charge in [-0.15, -0.1) is 6.42 Å². The van der Waals surface area contributed by atoms with Crippen LogP contribution in [-0.2, 0) is 9.53 Å². The van der Waals surface area contributed by atoms with Gasteiger partial charge in [0.05, 0.1) is 19.2 Å². The fraction of sp³-hybridized carbons (Fsp3) is 0.700. The number of carboxylic acids is 1. The Morgan fingerprint density at radius 1 is 1.71 bits per heavy atom. The molecule has 1 unspecified atom stereocenters. The minimum atomic E-state index is -0.849. The van der Waals surface area contributed by atoms with Gasteiger partial charge in [0, 0.05) is 13.2 Å². The van der Waals surface area contributed by atoms with Crippen molar-refractivity contribution >= 4 is 5.97 Å². The Balaban J connectivity index is 2.34. The maximum absolute atomic E-state index is 10.5. The minimum absolute atomic E-state index is 0.00986. The molecule has 0 saturated carbocycles. The number of ether oxygens (including phenoxy) is 1. The van der Waals surface area contributed by atoms with Gasteiger partial charge < -0.3 is 9.84 Å². The summed E-state index contributed by atoms with van der Waals surface area (Å²) in [6, 6.07) is 0. The first-order valence-corrected chi connectivity index (χ1v) is 4.71. The van der Waals surface area contributed by atoms with Crippen LogP contribution in [0.3, 0.4) is 0 Å². The van der Waals surface area contributed by atoms with E-state index in [1.165, 1.54) is 0 Å². The Morgan fingerprint density at radius 3 is 3.00 bits per heavy atom. The summed E-state index contributed by atoms with van der Waals surface area (Å²) in [6.07, 6.45) is 7.37. The Bertz CT molecular complexity index is 228. The molecule has 0 radical (unpaired) electrons. The smallest absolute Gasteiger partial charge is 0.317 e. The van der Waals surface area contributed by atoms with Crippen molar-refractivity contribution in [1.82, 2.24) is 4.90 Å². The first kappa shape index (κ1) is 11.0. The third-order valence-corrected chi connectivity index (χ3v) is 2.16. The van der Waals surface area contributed by atoms with Crippen LogP contribution in [0.25, 0.3) is 0 Å². The topological polar surface area (TPSA) is 49.8 Å². The molecule has 1 N–H and O–H groups in total. The number of terminal acetylenes is 1. The van der Waals surface area contributed by atoms with Crippen molar-refractivity contribution in [2.45, 2.75) is 18.9 Å². The third kappa shape index (κ3) is 3.77. The summed E-state index contributed by atoms with van der Waals surface area (Å²) in [5, 5.41) is 8.63. The molecule has 0 bridgehead atoms. The second kappa shape index (κ2) is 5.63. The van der Waals surface area contributed by atoms with E-state index in [0.717, 1.165) is 19.4 Å². The largest absolute Gasteiger partial charge is 0.480 e. The Morgan fingerprint density at radius 2 is 2.50 bits per heavy atom. The average molecular weight is 197 g/mol. The molecule has 0 amide bonds. The molecule has 1 aliphatic heterocycles. The molecule has 0 aromatic heterocycles. The highest BCUT2D eigenvalue weighted by molar-refractivity contribution is 5.69. The van der Waals surface area contributed by atoms with E-state index in [4.69, 9.17) is 16.3 Å². The summed E-state index contributed by atoms with van der Waals surface area (Å²) in [7, 11) is 0. The Hall–Kier alpha value is -1.05. The molecule has 1 rings (SSSR count). The monoisotopic (exact) mass is 197 g/mol. The zero-order valence-corrected chi connectivity index (χ0v) is 8.11. The lowest BCUT2D eigenvalue weighted by Crippen LogP contribution is -2.36. The summed E-state index contributed by atoms with van der Waals surface area (Å²) in [5.41, 5.74) is 0. The van der Waals surface area contributed by atoms with E-state index < -0.39 is 5.97 Å². The van der Waals surface area contributed by atoms with Gasteiger partial charge in [0.25, 0.3) is 0 Å². The molecule has 14 heavy (non-hydrogen) atoms. The molecule has 1 saturated heterocycles. The van der Waals surface area contributed by atoms with Crippen LogP contribution < -0.4 is 0 Å². The van der Waals surface area contributed by atoms with E-state index in [2.05, 4.69) is 5.92 Å². The summed E-state index contributed by atoms with van der Waals surface area (Å²) < 4.78 is 5.41. The van der Waals surface area contributed by atoms with Crippen LogP contribution in [0, 0.1) is 12.3 Å². The SMILES string of the molecule is C#CCN(CC(=O)O)CC1CCCO1. The summed E-state index contributed by atoms with van der Waals surface area (Å²) in [6.45, 7) is 1.76. The number of aliphatic carboxylic acids is 1. The second-order valence-electron chi connectivity index (χ2n) is 3.40. The quantitative estimate of drug-likeness (QED) is 0.639. The minimum Gasteiger partial charge on any atom is -0.480 e. The fourth-order valence-electron chi connectivity index (χ4n) is 1.58. The van der Waals surface area contributed by atoms with Crippen LogP contribution in [0.2, 0.25) is 0 Å². The van der Waals surface area contributed by atoms with Gasteiger partial charge >= 0.3 is 5.97 Å². The molecular weight excluding hydrogens is 182 g/mol. The van der Waals surface area contributed by atoms with Crippen molar-refractivity contribution in [1.29, 1.82) is 0 Å². The van der Waals surface area contributed by atoms with Gasteiger partial charge in [-0.1, -0.05) is 5.92 Å². The van der Waals surface area contributed by atoms with Crippen LogP contribution >= 0.6 is 0 Å². The maximum Gasteiger partial charge on any atom is 0.317 e. The molecule has 1 heterocycles. The molecular formula is C10H15NO3. The maximum atomic E-state index is 10.5. The van der Waals surface area contributed by atoms with Crippen molar-refractivity contribution in [2.24, 2.45) is 0 Å². The number of carbonyl (C=O) groups is 1. The lowest BCUT2D eigenvalue weighted by Gasteiger charge is -2.20. The number of hydrogen-bond acceptors (Lipinski definition) is 3. The highest BCUT2D eigenvalue weighted by atomic mass is 16.5. The molecule has 4 nitrogen and oxygen atoms in total. The van der Waals surface area contributed by atoms with E-state index in [1.807, 2.05) is 0 Å². The van der Waals surface area contributed by atoms with Crippen molar-refractivity contribution in [3.05, 3.63) is 0 Å². The van der Waals surface area contributed by atoms with Gasteiger partial charge in [0.1, 0.15) is 0 Å². The number of rotatable bonds is 5. The van der Waals surface area contributed by atoms with E-state index in [9.17, 15) is 4.79 Å². The summed E-state index contributed by atoms with van der Waals surface area (Å²) in [4.78, 5) is 12.2. The Kier molecular flexibility index (Phi) is 4.44. The highest BCUT2D eigenvalue weighted by Gasteiger charge is 2.19. The second-order valence-corrected chi connectivity index (χ2v) is 3.40. The van der Waals surface area contributed by atoms with Gasteiger partial charge in [0.15, 0.2) is 0 Å². The van der Waals surface area contributed by atoms with E-state index in [-0.39, 0.29) is 12.6 Å². The molecule has 0 aromatic rings. The van der Waals surface area contributed by atoms with Crippen molar-refractivity contribution in [3.8, 4) is 12.3 Å². The van der Waals surface area contributed by atoms with Gasteiger partial charge in [-0.2, -0.15) is 0 Å². The predicted octanol–water partition coefficient (Wildman–Crippen LogP) is 0.185. The molecule has 0 aliphatic carbocycles. The lowest BCUT2D eigenvalue weighted by atomic mass is 10.2. The van der Waals surface area contributed by atoms with Crippen molar-refractivity contribution in [3.63, 3.8) is 0 Å². The van der Waals surface area contributed by atoms with Crippen molar-refractivity contribution in [2.75, 3.05) is 26.2 Å². The molecule has 1 atom stereocenters. The molecule has 0 spiro atoms. The van der Waals surface area contributed by atoms with E-state index >= 15 is 0 Å². The first-order valence-electron chi connectivity index (χ1n) is 4.71. The number of hydrogen-bond donors (Lipinski definition) is 1. The van der Waals surface area contributed by atoms with Gasteiger partial charge in [-0.05, 0) is 12.8 Å². The number of carboxylic acid groups (broad SMARTS) is 1. The highest BCUT2D eigenvalue weighted by Crippen LogP contribution is 2.12. The summed E-state index contributed by atoms with van der Waals surface area (Å²) in [5.74, 6) is 1.61. The van der Waals surface area contributed by atoms with Gasteiger partial charge in [-0.25, -0.2) is 0 Å². The predicted molar refractivity (Wildman–Crippen MR) is 51.9 cm³/mol. The molecule has 78 valence electrons. The third-order valence-electron chi connectivity index (χ3n) is 2.16. The lowest BCUT2D eigenvalue weighted by molar-refractivity contribution is -0.138. The first-order chi connectivity index (χ1) is 6.72. The normalized spacial score (nSPS) is 21.0. The Labute approximate surface area is 83.8 Å². The van der Waals surface area contributed by atoms with E-state index in [0.29, 0.717) is 13.1 Å². The zero-order chi connectivity index (χ0) is 10.4. The van der Waals surface area contributed by atoms with E-state index in [1.54, 1.807) is 4.90 Å². The van der Waals surface area contributed by atoms with Crippen molar-refractivity contribution < 1.29 is 14.6 Å². The molecule has 1 aliphatic rings. The molecule has 4 heteroatoms. The average Bonchev–Trinajstić information content (AvgIpc) is 2.56. The summed E-state index contributed by atoms with van der Waals surface area (Å²) >= 11 is 0. The van der Waals surface area contributed by atoms with Crippen LogP contribution in [0.1, 0.15) is 12.8 Å². The van der Waals surface area contributed by atoms with Crippen LogP contribution in [-0.4, -0.2) is 48.3 Å². The standard InChI is InChI=1S/C10H15NO3/c1-2-5-11(8-10(12)13)7-9-4-3-6-14-9/h1,9H,3-8H2,(H,12,13). The molecule has 1 fully saturated rings. The zero-order valence-electron chi connectivity index (χ0n) is 8.11. The van der Waals surface area contributed by atoms with Crippen LogP contribution in [0.4, 0.5) is 0 Å². The fourth-order valence-corrected chi connectivity index (χ4v) is 1.58. The number of nitrogens with zero attached hydrogens (tertiary/aromatic N) is 1. The van der Waals surface area contributed by atoms with Crippen LogP contribution in [0.15, 0.2) is 0 Å².